The fraction of sp³-hybridized carbons (Fsp3) is 0.476. The zero-order valence-electron chi connectivity index (χ0n) is 16.6. The minimum atomic E-state index is -0.435. The molecule has 1 amide bonds. The summed E-state index contributed by atoms with van der Waals surface area (Å²) >= 11 is 6.06. The molecular formula is C21H25ClFN5O. The molecule has 0 atom stereocenters. The molecule has 0 bridgehead atoms. The third kappa shape index (κ3) is 4.45. The molecule has 0 radical (unpaired) electrons. The van der Waals surface area contributed by atoms with Crippen LogP contribution in [0.5, 0.6) is 0 Å². The van der Waals surface area contributed by atoms with Crippen LogP contribution in [-0.4, -0.2) is 60.0 Å². The standard InChI is InChI=1S/C21H25ClFN5O/c1-15-24-19(26-7-2-3-8-26)14-20(25-15)27-9-11-28(12-10-27)21(29)13-16-17(22)5-4-6-18(16)23/h4-6,14H,2-3,7-13H2,1H3. The number of piperazine rings is 1. The van der Waals surface area contributed by atoms with Crippen LogP contribution in [0.15, 0.2) is 24.3 Å². The topological polar surface area (TPSA) is 52.6 Å². The zero-order valence-corrected chi connectivity index (χ0v) is 17.3. The van der Waals surface area contributed by atoms with E-state index >= 15 is 0 Å². The number of amides is 1. The van der Waals surface area contributed by atoms with Gasteiger partial charge in [-0.15, -0.1) is 0 Å². The van der Waals surface area contributed by atoms with Gasteiger partial charge in [0.15, 0.2) is 0 Å². The van der Waals surface area contributed by atoms with Crippen LogP contribution >= 0.6 is 11.6 Å². The van der Waals surface area contributed by atoms with Gasteiger partial charge in [-0.3, -0.25) is 4.79 Å². The van der Waals surface area contributed by atoms with Crippen molar-refractivity contribution in [2.75, 3.05) is 49.1 Å². The van der Waals surface area contributed by atoms with Crippen LogP contribution in [0.25, 0.3) is 0 Å². The number of carbonyl (C=O) groups excluding carboxylic acids is 1. The van der Waals surface area contributed by atoms with Gasteiger partial charge < -0.3 is 14.7 Å². The van der Waals surface area contributed by atoms with E-state index in [0.717, 1.165) is 30.5 Å². The number of halogens is 2. The first-order chi connectivity index (χ1) is 14.0. The molecule has 154 valence electrons. The van der Waals surface area contributed by atoms with Crippen LogP contribution < -0.4 is 9.80 Å². The molecule has 2 fully saturated rings. The van der Waals surface area contributed by atoms with E-state index in [-0.39, 0.29) is 17.9 Å². The van der Waals surface area contributed by atoms with Crippen molar-refractivity contribution in [2.24, 2.45) is 0 Å². The molecule has 0 spiro atoms. The fourth-order valence-corrected chi connectivity index (χ4v) is 4.19. The van der Waals surface area contributed by atoms with Crippen molar-refractivity contribution >= 4 is 29.1 Å². The Morgan fingerprint density at radius 2 is 1.66 bits per heavy atom. The number of anilines is 2. The molecule has 1 aromatic heterocycles. The first-order valence-electron chi connectivity index (χ1n) is 10.1. The van der Waals surface area contributed by atoms with Gasteiger partial charge in [-0.2, -0.15) is 0 Å². The smallest absolute Gasteiger partial charge is 0.227 e. The largest absolute Gasteiger partial charge is 0.356 e. The molecule has 0 N–H and O–H groups in total. The highest BCUT2D eigenvalue weighted by Crippen LogP contribution is 2.24. The highest BCUT2D eigenvalue weighted by molar-refractivity contribution is 6.31. The Labute approximate surface area is 175 Å². The molecule has 1 aromatic carbocycles. The summed E-state index contributed by atoms with van der Waals surface area (Å²) in [6.45, 7) is 6.52. The van der Waals surface area contributed by atoms with Crippen molar-refractivity contribution in [3.8, 4) is 0 Å². The summed E-state index contributed by atoms with van der Waals surface area (Å²) < 4.78 is 14.0. The maximum Gasteiger partial charge on any atom is 0.227 e. The van der Waals surface area contributed by atoms with E-state index in [4.69, 9.17) is 11.6 Å². The van der Waals surface area contributed by atoms with Gasteiger partial charge in [-0.25, -0.2) is 14.4 Å². The lowest BCUT2D eigenvalue weighted by Crippen LogP contribution is -2.49. The Kier molecular flexibility index (Phi) is 5.85. The summed E-state index contributed by atoms with van der Waals surface area (Å²) in [5.41, 5.74) is 0.267. The Balaban J connectivity index is 1.40. The van der Waals surface area contributed by atoms with Gasteiger partial charge in [0.1, 0.15) is 23.3 Å². The molecule has 2 saturated heterocycles. The molecule has 3 heterocycles. The zero-order chi connectivity index (χ0) is 20.4. The molecule has 4 rings (SSSR count). The number of carbonyl (C=O) groups is 1. The predicted octanol–water partition coefficient (Wildman–Crippen LogP) is 3.07. The molecular weight excluding hydrogens is 393 g/mol. The van der Waals surface area contributed by atoms with Gasteiger partial charge in [0, 0.05) is 55.9 Å². The highest BCUT2D eigenvalue weighted by Gasteiger charge is 2.24. The predicted molar refractivity (Wildman–Crippen MR) is 112 cm³/mol. The summed E-state index contributed by atoms with van der Waals surface area (Å²) in [7, 11) is 0. The Hall–Kier alpha value is -2.41. The average Bonchev–Trinajstić information content (AvgIpc) is 3.25. The third-order valence-corrected chi connectivity index (χ3v) is 5.94. The first kappa shape index (κ1) is 19.9. The molecule has 29 heavy (non-hydrogen) atoms. The molecule has 2 aromatic rings. The average molecular weight is 418 g/mol. The van der Waals surface area contributed by atoms with Gasteiger partial charge in [-0.05, 0) is 31.9 Å². The van der Waals surface area contributed by atoms with Crippen LogP contribution in [0.2, 0.25) is 5.02 Å². The van der Waals surface area contributed by atoms with Gasteiger partial charge in [0.2, 0.25) is 5.91 Å². The summed E-state index contributed by atoms with van der Waals surface area (Å²) in [6, 6.07) is 6.54. The normalized spacial score (nSPS) is 17.1. The second-order valence-electron chi connectivity index (χ2n) is 7.57. The first-order valence-corrected chi connectivity index (χ1v) is 10.5. The van der Waals surface area contributed by atoms with Crippen LogP contribution in [-0.2, 0) is 11.2 Å². The summed E-state index contributed by atoms with van der Waals surface area (Å²) in [5.74, 6) is 2.11. The third-order valence-electron chi connectivity index (χ3n) is 5.59. The second kappa shape index (κ2) is 8.53. The van der Waals surface area contributed by atoms with Crippen molar-refractivity contribution in [1.82, 2.24) is 14.9 Å². The molecule has 2 aliphatic rings. The number of aromatic nitrogens is 2. The second-order valence-corrected chi connectivity index (χ2v) is 7.98. The number of nitrogens with zero attached hydrogens (tertiary/aromatic N) is 5. The van der Waals surface area contributed by atoms with Crippen molar-refractivity contribution in [3.05, 3.63) is 46.5 Å². The van der Waals surface area contributed by atoms with Crippen molar-refractivity contribution < 1.29 is 9.18 Å². The molecule has 0 unspecified atom stereocenters. The van der Waals surface area contributed by atoms with Gasteiger partial charge in [0.05, 0.1) is 6.42 Å². The molecule has 8 heteroatoms. The summed E-state index contributed by atoms with van der Waals surface area (Å²) in [5, 5.41) is 0.294. The Bertz CT molecular complexity index is 874. The van der Waals surface area contributed by atoms with E-state index in [2.05, 4.69) is 25.8 Å². The van der Waals surface area contributed by atoms with E-state index in [1.165, 1.54) is 18.9 Å². The monoisotopic (exact) mass is 417 g/mol. The molecule has 0 saturated carbocycles. The van der Waals surface area contributed by atoms with Crippen LogP contribution in [0.4, 0.5) is 16.0 Å². The lowest BCUT2D eigenvalue weighted by atomic mass is 10.1. The number of rotatable bonds is 4. The van der Waals surface area contributed by atoms with E-state index in [1.54, 1.807) is 17.0 Å². The number of benzene rings is 1. The fourth-order valence-electron chi connectivity index (χ4n) is 3.96. The van der Waals surface area contributed by atoms with Crippen LogP contribution in [0.1, 0.15) is 24.2 Å². The molecule has 2 aliphatic heterocycles. The van der Waals surface area contributed by atoms with Crippen molar-refractivity contribution in [1.29, 1.82) is 0 Å². The van der Waals surface area contributed by atoms with Crippen molar-refractivity contribution in [2.45, 2.75) is 26.2 Å². The number of hydrogen-bond acceptors (Lipinski definition) is 5. The Morgan fingerprint density at radius 1 is 1.03 bits per heavy atom. The highest BCUT2D eigenvalue weighted by atomic mass is 35.5. The van der Waals surface area contributed by atoms with Gasteiger partial charge in [-0.1, -0.05) is 17.7 Å². The molecule has 6 nitrogen and oxygen atoms in total. The number of hydrogen-bond donors (Lipinski definition) is 0. The number of aryl methyl sites for hydroxylation is 1. The van der Waals surface area contributed by atoms with Crippen LogP contribution in [0, 0.1) is 12.7 Å². The van der Waals surface area contributed by atoms with E-state index in [0.29, 0.717) is 31.2 Å². The Morgan fingerprint density at radius 3 is 2.28 bits per heavy atom. The lowest BCUT2D eigenvalue weighted by Gasteiger charge is -2.36. The minimum Gasteiger partial charge on any atom is -0.356 e. The van der Waals surface area contributed by atoms with Gasteiger partial charge >= 0.3 is 0 Å². The van der Waals surface area contributed by atoms with E-state index in [9.17, 15) is 9.18 Å². The SMILES string of the molecule is Cc1nc(N2CCCC2)cc(N2CCN(C(=O)Cc3c(F)cccc3Cl)CC2)n1. The van der Waals surface area contributed by atoms with Gasteiger partial charge in [0.25, 0.3) is 0 Å². The summed E-state index contributed by atoms with van der Waals surface area (Å²) in [4.78, 5) is 28.1. The summed E-state index contributed by atoms with van der Waals surface area (Å²) in [6.07, 6.45) is 2.38. The molecule has 0 aliphatic carbocycles. The van der Waals surface area contributed by atoms with Crippen LogP contribution in [0.3, 0.4) is 0 Å². The van der Waals surface area contributed by atoms with E-state index < -0.39 is 5.82 Å². The minimum absolute atomic E-state index is 0.0166. The van der Waals surface area contributed by atoms with E-state index in [1.807, 2.05) is 6.92 Å². The van der Waals surface area contributed by atoms with Crippen molar-refractivity contribution in [3.63, 3.8) is 0 Å². The maximum absolute atomic E-state index is 14.0. The maximum atomic E-state index is 14.0. The lowest BCUT2D eigenvalue weighted by molar-refractivity contribution is -0.130. The quantitative estimate of drug-likeness (QED) is 0.765.